The number of alkyl halides is 3. The Kier molecular flexibility index (Phi) is 9.48. The first kappa shape index (κ1) is 28.2. The highest BCUT2D eigenvalue weighted by Gasteiger charge is 2.31. The van der Waals surface area contributed by atoms with Crippen molar-refractivity contribution < 1.29 is 22.2 Å². The number of anilines is 2. The molecule has 1 amide bonds. The van der Waals surface area contributed by atoms with E-state index in [4.69, 9.17) is 5.14 Å². The number of halogens is 3. The lowest BCUT2D eigenvalue weighted by atomic mass is 10.1. The zero-order valence-electron chi connectivity index (χ0n) is 20.6. The van der Waals surface area contributed by atoms with Gasteiger partial charge in [0.2, 0.25) is 0 Å². The normalized spacial score (nSPS) is 16.3. The summed E-state index contributed by atoms with van der Waals surface area (Å²) in [5.74, 6) is -0.398. The van der Waals surface area contributed by atoms with E-state index in [0.29, 0.717) is 37.6 Å². The number of rotatable bonds is 6. The number of hydrogen-bond acceptors (Lipinski definition) is 5. The van der Waals surface area contributed by atoms with Crippen LogP contribution in [0.25, 0.3) is 0 Å². The molecule has 0 spiro atoms. The van der Waals surface area contributed by atoms with Crippen molar-refractivity contribution in [3.8, 4) is 0 Å². The summed E-state index contributed by atoms with van der Waals surface area (Å²) in [5.41, 5.74) is 0.778. The van der Waals surface area contributed by atoms with E-state index in [2.05, 4.69) is 9.62 Å². The first-order chi connectivity index (χ1) is 18.2. The maximum absolute atomic E-state index is 13.0. The molecule has 1 saturated carbocycles. The number of piperazine rings is 1. The molecule has 3 N–H and O–H groups in total. The Bertz CT molecular complexity index is 1260. The molecule has 2 aliphatic rings. The molecule has 3 aromatic rings. The van der Waals surface area contributed by atoms with E-state index in [1.54, 1.807) is 54.4 Å². The zero-order valence-corrected chi connectivity index (χ0v) is 22.2. The van der Waals surface area contributed by atoms with E-state index < -0.39 is 28.6 Å². The number of nitrogens with zero attached hydrogens (tertiary/aromatic N) is 2. The summed E-state index contributed by atoms with van der Waals surface area (Å²) in [4.78, 5) is 15.8. The Labute approximate surface area is 227 Å². The van der Waals surface area contributed by atoms with Gasteiger partial charge in [-0.05, 0) is 66.5 Å². The lowest BCUT2D eigenvalue weighted by Gasteiger charge is -2.35. The number of benzene rings is 3. The lowest BCUT2D eigenvalue weighted by molar-refractivity contribution is -0.137. The molecule has 1 saturated heterocycles. The van der Waals surface area contributed by atoms with Crippen molar-refractivity contribution >= 4 is 40.2 Å². The van der Waals surface area contributed by atoms with Crippen molar-refractivity contribution in [1.82, 2.24) is 4.31 Å². The third-order valence-corrected chi connectivity index (χ3v) is 7.72. The fourth-order valence-electron chi connectivity index (χ4n) is 3.69. The van der Waals surface area contributed by atoms with Crippen LogP contribution in [0.1, 0.15) is 35.2 Å². The summed E-state index contributed by atoms with van der Waals surface area (Å²) in [6.45, 7) is 2.60. The fraction of sp³-hybridized carbons (Fsp3) is 0.296. The highest BCUT2D eigenvalue weighted by atomic mass is 32.2. The third-order valence-electron chi connectivity index (χ3n) is 5.83. The smallest absolute Gasteiger partial charge is 0.369 e. The molecule has 1 aliphatic heterocycles. The second-order valence-corrected chi connectivity index (χ2v) is 11.1. The summed E-state index contributed by atoms with van der Waals surface area (Å²) in [6, 6.07) is 19.2. The summed E-state index contributed by atoms with van der Waals surface area (Å²) < 4.78 is 52.8. The highest BCUT2D eigenvalue weighted by molar-refractivity contribution is 7.97. The summed E-state index contributed by atoms with van der Waals surface area (Å²) >= 11 is 1.56. The molecule has 3 aromatic carbocycles. The van der Waals surface area contributed by atoms with Crippen LogP contribution in [0.3, 0.4) is 0 Å². The van der Waals surface area contributed by atoms with Crippen molar-refractivity contribution in [3.63, 3.8) is 0 Å². The van der Waals surface area contributed by atoms with Crippen molar-refractivity contribution in [2.45, 2.75) is 35.2 Å². The second kappa shape index (κ2) is 12.8. The molecule has 38 heavy (non-hydrogen) atoms. The van der Waals surface area contributed by atoms with E-state index >= 15 is 0 Å². The van der Waals surface area contributed by atoms with Crippen LogP contribution >= 0.6 is 11.9 Å². The standard InChI is InChI=1S/C24H23F3N4O2S2.C3H6/c25-24(26,27)17-4-3-5-19(16-17)30-12-14-31(15-13-30)34-20-10-8-18(9-11-20)29-23(32)21-6-1-2-7-22(21)35(28)33;1-2-3-1/h1-11,16H,12-15,28H2,(H,29,32);1-3H2. The number of amides is 1. The highest BCUT2D eigenvalue weighted by Crippen LogP contribution is 2.32. The number of hydrogen-bond donors (Lipinski definition) is 2. The molecule has 2 fully saturated rings. The predicted molar refractivity (Wildman–Crippen MR) is 146 cm³/mol. The molecule has 1 heterocycles. The van der Waals surface area contributed by atoms with E-state index in [9.17, 15) is 22.2 Å². The largest absolute Gasteiger partial charge is 0.416 e. The summed E-state index contributed by atoms with van der Waals surface area (Å²) in [5, 5.41) is 8.24. The van der Waals surface area contributed by atoms with Crippen LogP contribution in [0.2, 0.25) is 0 Å². The summed E-state index contributed by atoms with van der Waals surface area (Å²) in [6.07, 6.45) is 0.145. The fourth-order valence-corrected chi connectivity index (χ4v) is 5.18. The number of nitrogens with one attached hydrogen (secondary N) is 1. The van der Waals surface area contributed by atoms with E-state index in [-0.39, 0.29) is 10.5 Å². The van der Waals surface area contributed by atoms with Gasteiger partial charge in [0.15, 0.2) is 0 Å². The van der Waals surface area contributed by atoms with Gasteiger partial charge in [-0.2, -0.15) is 13.2 Å². The van der Waals surface area contributed by atoms with Crippen LogP contribution in [0.4, 0.5) is 24.5 Å². The van der Waals surface area contributed by atoms with Crippen LogP contribution in [-0.2, 0) is 17.2 Å². The molecular formula is C27H29F3N4O2S2. The SMILES string of the molecule is C1CC1.NS(=O)c1ccccc1C(=O)Nc1ccc(SN2CCN(c3cccc(C(F)(F)F)c3)CC2)cc1. The van der Waals surface area contributed by atoms with Crippen LogP contribution in [0, 0.1) is 0 Å². The van der Waals surface area contributed by atoms with Gasteiger partial charge in [0.25, 0.3) is 5.91 Å². The van der Waals surface area contributed by atoms with Crippen LogP contribution < -0.4 is 15.4 Å². The Morgan fingerprint density at radius 3 is 2.16 bits per heavy atom. The first-order valence-corrected chi connectivity index (χ1v) is 14.2. The Morgan fingerprint density at radius 1 is 0.895 bits per heavy atom. The molecule has 1 atom stereocenters. The summed E-state index contributed by atoms with van der Waals surface area (Å²) in [7, 11) is -1.77. The molecule has 0 bridgehead atoms. The third kappa shape index (κ3) is 8.07. The van der Waals surface area contributed by atoms with E-state index in [1.165, 1.54) is 31.4 Å². The minimum atomic E-state index is -4.36. The molecule has 0 aromatic heterocycles. The van der Waals surface area contributed by atoms with Crippen LogP contribution in [0.5, 0.6) is 0 Å². The quantitative estimate of drug-likeness (QED) is 0.364. The number of carbonyl (C=O) groups is 1. The van der Waals surface area contributed by atoms with Gasteiger partial charge < -0.3 is 10.2 Å². The van der Waals surface area contributed by atoms with Crippen LogP contribution in [0.15, 0.2) is 82.6 Å². The molecule has 11 heteroatoms. The molecule has 202 valence electrons. The Balaban J connectivity index is 0.00000105. The van der Waals surface area contributed by atoms with E-state index in [0.717, 1.165) is 11.0 Å². The van der Waals surface area contributed by atoms with Gasteiger partial charge in [-0.1, -0.05) is 37.5 Å². The Hall–Kier alpha value is -2.86. The number of carbonyl (C=O) groups excluding carboxylic acids is 1. The van der Waals surface area contributed by atoms with Crippen molar-refractivity contribution in [1.29, 1.82) is 0 Å². The second-order valence-electron chi connectivity index (χ2n) is 8.89. The molecule has 6 nitrogen and oxygen atoms in total. The molecule has 0 radical (unpaired) electrons. The number of nitrogens with two attached hydrogens (primary N) is 1. The monoisotopic (exact) mass is 562 g/mol. The topological polar surface area (TPSA) is 78.7 Å². The van der Waals surface area contributed by atoms with Gasteiger partial charge in [-0.3, -0.25) is 4.79 Å². The molecule has 1 aliphatic carbocycles. The first-order valence-electron chi connectivity index (χ1n) is 12.2. The molecular weight excluding hydrogens is 533 g/mol. The maximum atomic E-state index is 13.0. The lowest BCUT2D eigenvalue weighted by Crippen LogP contribution is -2.43. The van der Waals surface area contributed by atoms with Crippen molar-refractivity contribution in [2.75, 3.05) is 36.4 Å². The van der Waals surface area contributed by atoms with Gasteiger partial charge >= 0.3 is 6.18 Å². The van der Waals surface area contributed by atoms with Crippen molar-refractivity contribution in [2.24, 2.45) is 5.14 Å². The van der Waals surface area contributed by atoms with Gasteiger partial charge in [0, 0.05) is 42.4 Å². The minimum Gasteiger partial charge on any atom is -0.369 e. The minimum absolute atomic E-state index is 0.255. The molecule has 5 rings (SSSR count). The average molecular weight is 563 g/mol. The molecule has 1 unspecified atom stereocenters. The van der Waals surface area contributed by atoms with Gasteiger partial charge in [0.1, 0.15) is 11.0 Å². The zero-order chi connectivity index (χ0) is 27.1. The van der Waals surface area contributed by atoms with Gasteiger partial charge in [-0.15, -0.1) is 0 Å². The Morgan fingerprint density at radius 2 is 1.55 bits per heavy atom. The van der Waals surface area contributed by atoms with Crippen molar-refractivity contribution in [3.05, 3.63) is 83.9 Å². The predicted octanol–water partition coefficient (Wildman–Crippen LogP) is 5.94. The maximum Gasteiger partial charge on any atom is 0.416 e. The van der Waals surface area contributed by atoms with Gasteiger partial charge in [0.05, 0.1) is 16.0 Å². The average Bonchev–Trinajstić information content (AvgIpc) is 3.80. The van der Waals surface area contributed by atoms with Crippen LogP contribution in [-0.4, -0.2) is 40.6 Å². The van der Waals surface area contributed by atoms with E-state index in [1.807, 2.05) is 17.0 Å². The van der Waals surface area contributed by atoms with Gasteiger partial charge in [-0.25, -0.2) is 13.7 Å².